The van der Waals surface area contributed by atoms with Crippen molar-refractivity contribution in [1.82, 2.24) is 9.97 Å². The summed E-state index contributed by atoms with van der Waals surface area (Å²) >= 11 is 0. The van der Waals surface area contributed by atoms with E-state index in [1.807, 2.05) is 0 Å². The second kappa shape index (κ2) is 7.28. The molecule has 2 N–H and O–H groups in total. The lowest BCUT2D eigenvalue weighted by molar-refractivity contribution is 0.0636. The van der Waals surface area contributed by atoms with Crippen LogP contribution in [0, 0.1) is 13.8 Å². The highest BCUT2D eigenvalue weighted by molar-refractivity contribution is 7.92. The zero-order chi connectivity index (χ0) is 19.5. The maximum atomic E-state index is 12.4. The van der Waals surface area contributed by atoms with Crippen LogP contribution in [0.1, 0.15) is 32.2 Å². The van der Waals surface area contributed by atoms with Gasteiger partial charge in [-0.3, -0.25) is 5.32 Å². The number of carbonyl (C=O) groups excluding carboxylic acids is 1. The molecule has 1 aromatic carbocycles. The predicted molar refractivity (Wildman–Crippen MR) is 98.6 cm³/mol. The van der Waals surface area contributed by atoms with E-state index in [1.165, 1.54) is 24.3 Å². The number of hydrogen-bond donors (Lipinski definition) is 2. The summed E-state index contributed by atoms with van der Waals surface area (Å²) in [5, 5.41) is 2.54. The molecule has 26 heavy (non-hydrogen) atoms. The van der Waals surface area contributed by atoms with Crippen molar-refractivity contribution in [3.8, 4) is 0 Å². The van der Waals surface area contributed by atoms with E-state index < -0.39 is 21.7 Å². The van der Waals surface area contributed by atoms with Gasteiger partial charge >= 0.3 is 6.09 Å². The average Bonchev–Trinajstić information content (AvgIpc) is 2.43. The van der Waals surface area contributed by atoms with Gasteiger partial charge in [-0.2, -0.15) is 0 Å². The van der Waals surface area contributed by atoms with Crippen LogP contribution in [0.4, 0.5) is 16.4 Å². The number of rotatable bonds is 4. The molecule has 2 rings (SSSR count). The molecule has 1 amide bonds. The zero-order valence-corrected chi connectivity index (χ0v) is 16.1. The first-order valence-electron chi connectivity index (χ1n) is 7.90. The van der Waals surface area contributed by atoms with Crippen molar-refractivity contribution in [1.29, 1.82) is 0 Å². The number of benzene rings is 1. The molecule has 9 heteroatoms. The number of carbonyl (C=O) groups is 1. The topological polar surface area (TPSA) is 110 Å². The lowest BCUT2D eigenvalue weighted by atomic mass is 10.2. The number of nitrogens with zero attached hydrogens (tertiary/aromatic N) is 2. The molecule has 0 bridgehead atoms. The second-order valence-electron chi connectivity index (χ2n) is 6.73. The van der Waals surface area contributed by atoms with Crippen LogP contribution < -0.4 is 10.0 Å². The highest BCUT2D eigenvalue weighted by Crippen LogP contribution is 2.18. The minimum atomic E-state index is -3.84. The molecule has 140 valence electrons. The molecule has 0 aliphatic carbocycles. The van der Waals surface area contributed by atoms with Crippen LogP contribution in [0.2, 0.25) is 0 Å². The van der Waals surface area contributed by atoms with E-state index in [-0.39, 0.29) is 10.8 Å². The summed E-state index contributed by atoms with van der Waals surface area (Å²) in [4.78, 5) is 19.9. The maximum Gasteiger partial charge on any atom is 0.412 e. The molecule has 1 aromatic heterocycles. The number of amides is 1. The Morgan fingerprint density at radius 3 is 2.08 bits per heavy atom. The van der Waals surface area contributed by atoms with Crippen LogP contribution in [0.25, 0.3) is 0 Å². The van der Waals surface area contributed by atoms with Crippen LogP contribution in [-0.4, -0.2) is 30.1 Å². The van der Waals surface area contributed by atoms with Crippen molar-refractivity contribution < 1.29 is 17.9 Å². The zero-order valence-electron chi connectivity index (χ0n) is 15.3. The van der Waals surface area contributed by atoms with Crippen LogP contribution >= 0.6 is 0 Å². The number of sulfonamides is 1. The molecule has 0 aliphatic rings. The number of hydrogen-bond acceptors (Lipinski definition) is 6. The summed E-state index contributed by atoms with van der Waals surface area (Å²) in [7, 11) is -3.84. The van der Waals surface area contributed by atoms with Gasteiger partial charge in [0.1, 0.15) is 5.60 Å². The van der Waals surface area contributed by atoms with Crippen LogP contribution in [0.15, 0.2) is 35.2 Å². The first-order valence-corrected chi connectivity index (χ1v) is 9.38. The average molecular weight is 378 g/mol. The molecular formula is C17H22N4O4S. The van der Waals surface area contributed by atoms with Gasteiger partial charge in [0, 0.05) is 17.1 Å². The molecule has 0 radical (unpaired) electrons. The van der Waals surface area contributed by atoms with Crippen molar-refractivity contribution in [2.45, 2.75) is 45.1 Å². The molecule has 0 saturated carbocycles. The van der Waals surface area contributed by atoms with Crippen molar-refractivity contribution in [3.63, 3.8) is 0 Å². The molecule has 0 fully saturated rings. The van der Waals surface area contributed by atoms with E-state index in [4.69, 9.17) is 4.74 Å². The Bertz CT molecular complexity index is 883. The number of aryl methyl sites for hydroxylation is 2. The molecule has 0 unspecified atom stereocenters. The van der Waals surface area contributed by atoms with Gasteiger partial charge in [0.15, 0.2) is 0 Å². The van der Waals surface area contributed by atoms with E-state index in [0.717, 1.165) is 0 Å². The quantitative estimate of drug-likeness (QED) is 0.845. The number of nitrogens with one attached hydrogen (secondary N) is 2. The first-order chi connectivity index (χ1) is 11.9. The van der Waals surface area contributed by atoms with Gasteiger partial charge in [-0.05, 0) is 65.0 Å². The van der Waals surface area contributed by atoms with Gasteiger partial charge in [-0.1, -0.05) is 0 Å². The molecule has 0 spiro atoms. The normalized spacial score (nSPS) is 11.7. The molecular weight excluding hydrogens is 356 g/mol. The van der Waals surface area contributed by atoms with Gasteiger partial charge in [0.05, 0.1) is 4.90 Å². The maximum absolute atomic E-state index is 12.4. The molecule has 2 aromatic rings. The fourth-order valence-electron chi connectivity index (χ4n) is 2.09. The van der Waals surface area contributed by atoms with Gasteiger partial charge in [0.25, 0.3) is 10.0 Å². The van der Waals surface area contributed by atoms with Gasteiger partial charge in [-0.25, -0.2) is 27.9 Å². The van der Waals surface area contributed by atoms with E-state index in [9.17, 15) is 13.2 Å². The van der Waals surface area contributed by atoms with Crippen LogP contribution in [-0.2, 0) is 14.8 Å². The predicted octanol–water partition coefficient (Wildman–Crippen LogP) is 3.24. The van der Waals surface area contributed by atoms with Crippen molar-refractivity contribution in [2.24, 2.45) is 0 Å². The third-order valence-electron chi connectivity index (χ3n) is 3.02. The van der Waals surface area contributed by atoms with Gasteiger partial charge in [-0.15, -0.1) is 0 Å². The second-order valence-corrected chi connectivity index (χ2v) is 8.41. The minimum absolute atomic E-state index is 0.0125. The number of anilines is 2. The van der Waals surface area contributed by atoms with Crippen molar-refractivity contribution in [2.75, 3.05) is 10.0 Å². The molecule has 0 aliphatic heterocycles. The Balaban J connectivity index is 2.12. The van der Waals surface area contributed by atoms with Crippen molar-refractivity contribution in [3.05, 3.63) is 41.7 Å². The van der Waals surface area contributed by atoms with Crippen LogP contribution in [0.5, 0.6) is 0 Å². The summed E-state index contributed by atoms with van der Waals surface area (Å²) in [6.07, 6.45) is -0.616. The van der Waals surface area contributed by atoms with E-state index in [2.05, 4.69) is 20.0 Å². The number of ether oxygens (including phenoxy) is 1. The molecule has 0 atom stereocenters. The molecule has 0 saturated heterocycles. The molecule has 1 heterocycles. The Morgan fingerprint density at radius 2 is 1.58 bits per heavy atom. The van der Waals surface area contributed by atoms with E-state index in [1.54, 1.807) is 40.7 Å². The standard InChI is InChI=1S/C17H22N4O4S/c1-11-10-12(2)19-15(18-11)21-26(23,24)14-8-6-13(7-9-14)20-16(22)25-17(3,4)5/h6-10H,1-5H3,(H,20,22)(H,18,19,21). The van der Waals surface area contributed by atoms with E-state index in [0.29, 0.717) is 17.1 Å². The van der Waals surface area contributed by atoms with Gasteiger partial charge in [0.2, 0.25) is 5.95 Å². The minimum Gasteiger partial charge on any atom is -0.444 e. The SMILES string of the molecule is Cc1cc(C)nc(NS(=O)(=O)c2ccc(NC(=O)OC(C)(C)C)cc2)n1. The third kappa shape index (κ3) is 5.69. The Kier molecular flexibility index (Phi) is 5.50. The van der Waals surface area contributed by atoms with Crippen LogP contribution in [0.3, 0.4) is 0 Å². The highest BCUT2D eigenvalue weighted by Gasteiger charge is 2.18. The lowest BCUT2D eigenvalue weighted by Gasteiger charge is -2.19. The Morgan fingerprint density at radius 1 is 1.04 bits per heavy atom. The third-order valence-corrected chi connectivity index (χ3v) is 4.36. The summed E-state index contributed by atoms with van der Waals surface area (Å²) in [6, 6.07) is 7.44. The summed E-state index contributed by atoms with van der Waals surface area (Å²) < 4.78 is 32.4. The molecule has 8 nitrogen and oxygen atoms in total. The summed E-state index contributed by atoms with van der Waals surface area (Å²) in [5.74, 6) is 0.0125. The van der Waals surface area contributed by atoms with Crippen molar-refractivity contribution >= 4 is 27.8 Å². The lowest BCUT2D eigenvalue weighted by Crippen LogP contribution is -2.27. The largest absolute Gasteiger partial charge is 0.444 e. The fourth-order valence-corrected chi connectivity index (χ4v) is 3.03. The Hall–Kier alpha value is -2.68. The van der Waals surface area contributed by atoms with E-state index >= 15 is 0 Å². The first kappa shape index (κ1) is 19.6. The fraction of sp³-hybridized carbons (Fsp3) is 0.353. The number of aromatic nitrogens is 2. The Labute approximate surface area is 153 Å². The summed E-state index contributed by atoms with van der Waals surface area (Å²) in [6.45, 7) is 8.77. The van der Waals surface area contributed by atoms with Gasteiger partial charge < -0.3 is 4.74 Å². The summed E-state index contributed by atoms with van der Waals surface area (Å²) in [5.41, 5.74) is 1.11. The smallest absolute Gasteiger partial charge is 0.412 e. The highest BCUT2D eigenvalue weighted by atomic mass is 32.2. The monoisotopic (exact) mass is 378 g/mol.